The second-order valence-electron chi connectivity index (χ2n) is 5.22. The van der Waals surface area contributed by atoms with Gasteiger partial charge in [-0.05, 0) is 37.8 Å². The van der Waals surface area contributed by atoms with Crippen LogP contribution in [0.4, 0.5) is 0 Å². The van der Waals surface area contributed by atoms with Crippen LogP contribution in [0.25, 0.3) is 0 Å². The van der Waals surface area contributed by atoms with E-state index in [1.807, 2.05) is 17.7 Å². The van der Waals surface area contributed by atoms with Crippen molar-refractivity contribution in [1.82, 2.24) is 8.87 Å². The highest BCUT2D eigenvalue weighted by Gasteiger charge is 2.26. The molecule has 1 rings (SSSR count). The molecule has 1 unspecified atom stereocenters. The van der Waals surface area contributed by atoms with Gasteiger partial charge in [-0.2, -0.15) is 16.1 Å². The predicted molar refractivity (Wildman–Crippen MR) is 90.0 cm³/mol. The van der Waals surface area contributed by atoms with Gasteiger partial charge in [-0.15, -0.1) is 0 Å². The second kappa shape index (κ2) is 8.22. The van der Waals surface area contributed by atoms with Gasteiger partial charge in [0.25, 0.3) is 0 Å². The summed E-state index contributed by atoms with van der Waals surface area (Å²) in [7, 11) is -1.80. The Hall–Kier alpha value is -0.500. The van der Waals surface area contributed by atoms with Gasteiger partial charge in [-0.25, -0.2) is 8.42 Å². The fraction of sp³-hybridized carbons (Fsp3) is 0.714. The number of aromatic nitrogens is 1. The Kier molecular flexibility index (Phi) is 7.26. The topological polar surface area (TPSA) is 68.3 Å². The smallest absolute Gasteiger partial charge is 0.244 e. The van der Waals surface area contributed by atoms with Gasteiger partial charge in [-0.1, -0.05) is 6.92 Å². The fourth-order valence-electron chi connectivity index (χ4n) is 2.16. The number of thioether (sulfide) groups is 1. The standard InChI is InChI=1S/C14H27N3O2S2/c1-5-7-17-11-14(9-13(17)10-15)21(18,19)16(3)12(2)6-8-20-4/h9,11-12H,5-8,10,15H2,1-4H3. The van der Waals surface area contributed by atoms with Crippen LogP contribution in [0.3, 0.4) is 0 Å². The first kappa shape index (κ1) is 18.5. The van der Waals surface area contributed by atoms with Gasteiger partial charge in [0.15, 0.2) is 0 Å². The van der Waals surface area contributed by atoms with E-state index >= 15 is 0 Å². The van der Waals surface area contributed by atoms with Crippen LogP contribution in [0.5, 0.6) is 0 Å². The third-order valence-corrected chi connectivity index (χ3v) is 6.25. The van der Waals surface area contributed by atoms with Crippen molar-refractivity contribution in [1.29, 1.82) is 0 Å². The Morgan fingerprint density at radius 2 is 2.14 bits per heavy atom. The number of hydrogen-bond acceptors (Lipinski definition) is 4. The van der Waals surface area contributed by atoms with Crippen LogP contribution in [0.15, 0.2) is 17.2 Å². The Morgan fingerprint density at radius 3 is 2.67 bits per heavy atom. The molecule has 0 saturated heterocycles. The molecule has 0 fully saturated rings. The third kappa shape index (κ3) is 4.48. The van der Waals surface area contributed by atoms with E-state index in [2.05, 4.69) is 6.92 Å². The van der Waals surface area contributed by atoms with Crippen molar-refractivity contribution in [3.8, 4) is 0 Å². The highest BCUT2D eigenvalue weighted by molar-refractivity contribution is 7.98. The van der Waals surface area contributed by atoms with E-state index in [9.17, 15) is 8.42 Å². The van der Waals surface area contributed by atoms with Gasteiger partial charge in [0.05, 0.1) is 0 Å². The molecule has 0 radical (unpaired) electrons. The van der Waals surface area contributed by atoms with E-state index in [1.54, 1.807) is 31.1 Å². The molecule has 5 nitrogen and oxygen atoms in total. The molecule has 2 N–H and O–H groups in total. The average Bonchev–Trinajstić information content (AvgIpc) is 2.88. The minimum absolute atomic E-state index is 0.0155. The van der Waals surface area contributed by atoms with Crippen LogP contribution in [0.2, 0.25) is 0 Å². The molecule has 0 spiro atoms. The van der Waals surface area contributed by atoms with Crippen molar-refractivity contribution in [3.63, 3.8) is 0 Å². The number of hydrogen-bond donors (Lipinski definition) is 1. The molecule has 21 heavy (non-hydrogen) atoms. The molecule has 1 atom stereocenters. The van der Waals surface area contributed by atoms with Gasteiger partial charge >= 0.3 is 0 Å². The Bertz CT molecular complexity index is 540. The molecular formula is C14H27N3O2S2. The van der Waals surface area contributed by atoms with Gasteiger partial charge in [-0.3, -0.25) is 0 Å². The van der Waals surface area contributed by atoms with E-state index < -0.39 is 10.0 Å². The zero-order valence-electron chi connectivity index (χ0n) is 13.4. The van der Waals surface area contributed by atoms with E-state index in [1.165, 1.54) is 4.31 Å². The summed E-state index contributed by atoms with van der Waals surface area (Å²) in [6, 6.07) is 1.68. The quantitative estimate of drug-likeness (QED) is 0.751. The van der Waals surface area contributed by atoms with Crippen molar-refractivity contribution < 1.29 is 8.42 Å². The Labute approximate surface area is 132 Å². The molecule has 0 aliphatic carbocycles. The van der Waals surface area contributed by atoms with Crippen molar-refractivity contribution in [2.45, 2.75) is 50.7 Å². The molecule has 0 aromatic carbocycles. The molecule has 0 aliphatic rings. The maximum Gasteiger partial charge on any atom is 0.244 e. The summed E-state index contributed by atoms with van der Waals surface area (Å²) in [5.41, 5.74) is 6.57. The lowest BCUT2D eigenvalue weighted by molar-refractivity contribution is 0.382. The molecule has 0 amide bonds. The molecule has 1 aromatic rings. The van der Waals surface area contributed by atoms with Crippen LogP contribution < -0.4 is 5.73 Å². The van der Waals surface area contributed by atoms with Gasteiger partial charge in [0.2, 0.25) is 10.0 Å². The van der Waals surface area contributed by atoms with Gasteiger partial charge < -0.3 is 10.3 Å². The number of sulfonamides is 1. The van der Waals surface area contributed by atoms with Crippen LogP contribution in [-0.4, -0.2) is 42.4 Å². The lowest BCUT2D eigenvalue weighted by Gasteiger charge is -2.23. The van der Waals surface area contributed by atoms with Gasteiger partial charge in [0, 0.05) is 38.1 Å². The SMILES string of the molecule is CCCn1cc(S(=O)(=O)N(C)C(C)CCSC)cc1CN. The minimum atomic E-state index is -3.45. The maximum atomic E-state index is 12.7. The van der Waals surface area contributed by atoms with E-state index in [4.69, 9.17) is 5.73 Å². The molecule has 1 heterocycles. The van der Waals surface area contributed by atoms with Crippen LogP contribution in [-0.2, 0) is 23.1 Å². The van der Waals surface area contributed by atoms with Crippen LogP contribution in [0, 0.1) is 0 Å². The summed E-state index contributed by atoms with van der Waals surface area (Å²) in [5.74, 6) is 0.950. The zero-order chi connectivity index (χ0) is 16.0. The summed E-state index contributed by atoms with van der Waals surface area (Å²) in [6.45, 7) is 5.14. The van der Waals surface area contributed by atoms with Crippen molar-refractivity contribution >= 4 is 21.8 Å². The molecular weight excluding hydrogens is 306 g/mol. The molecule has 7 heteroatoms. The zero-order valence-corrected chi connectivity index (χ0v) is 15.0. The van der Waals surface area contributed by atoms with Crippen molar-refractivity contribution in [2.24, 2.45) is 5.73 Å². The number of rotatable bonds is 9. The lowest BCUT2D eigenvalue weighted by Crippen LogP contribution is -2.35. The van der Waals surface area contributed by atoms with Gasteiger partial charge in [0.1, 0.15) is 4.90 Å². The summed E-state index contributed by atoms with van der Waals surface area (Å²) < 4.78 is 28.8. The Balaban J connectivity index is 3.01. The first-order valence-electron chi connectivity index (χ1n) is 7.24. The maximum absolute atomic E-state index is 12.7. The highest BCUT2D eigenvalue weighted by atomic mass is 32.2. The normalized spacial score (nSPS) is 13.8. The molecule has 0 saturated carbocycles. The molecule has 0 aliphatic heterocycles. The van der Waals surface area contributed by atoms with Crippen molar-refractivity contribution in [3.05, 3.63) is 18.0 Å². The summed E-state index contributed by atoms with van der Waals surface area (Å²) in [6.07, 6.45) is 5.52. The van der Waals surface area contributed by atoms with Crippen LogP contribution >= 0.6 is 11.8 Å². The number of nitrogens with zero attached hydrogens (tertiary/aromatic N) is 2. The number of aryl methyl sites for hydroxylation is 1. The summed E-state index contributed by atoms with van der Waals surface area (Å²) in [4.78, 5) is 0.343. The molecule has 122 valence electrons. The van der Waals surface area contributed by atoms with Crippen molar-refractivity contribution in [2.75, 3.05) is 19.1 Å². The largest absolute Gasteiger partial charge is 0.349 e. The second-order valence-corrected chi connectivity index (χ2v) is 8.20. The summed E-state index contributed by atoms with van der Waals surface area (Å²) >= 11 is 1.73. The third-order valence-electron chi connectivity index (χ3n) is 3.67. The number of nitrogens with two attached hydrogens (primary N) is 1. The van der Waals surface area contributed by atoms with Crippen LogP contribution in [0.1, 0.15) is 32.4 Å². The van der Waals surface area contributed by atoms with E-state index in [-0.39, 0.29) is 6.04 Å². The van der Waals surface area contributed by atoms with E-state index in [0.717, 1.165) is 30.8 Å². The molecule has 0 bridgehead atoms. The highest BCUT2D eigenvalue weighted by Crippen LogP contribution is 2.21. The van der Waals surface area contributed by atoms with E-state index in [0.29, 0.717) is 11.4 Å². The predicted octanol–water partition coefficient (Wildman–Crippen LogP) is 2.12. The minimum Gasteiger partial charge on any atom is -0.349 e. The Morgan fingerprint density at radius 1 is 1.48 bits per heavy atom. The summed E-state index contributed by atoms with van der Waals surface area (Å²) in [5, 5.41) is 0. The fourth-order valence-corrected chi connectivity index (χ4v) is 4.19. The lowest BCUT2D eigenvalue weighted by atomic mass is 10.3. The average molecular weight is 334 g/mol. The first-order chi connectivity index (χ1) is 9.88. The first-order valence-corrected chi connectivity index (χ1v) is 10.1. The molecule has 1 aromatic heterocycles. The monoisotopic (exact) mass is 333 g/mol.